The predicted octanol–water partition coefficient (Wildman–Crippen LogP) is 4.84. The van der Waals surface area contributed by atoms with Crippen LogP contribution in [0.2, 0.25) is 0 Å². The van der Waals surface area contributed by atoms with E-state index in [0.717, 1.165) is 34.1 Å². The molecule has 0 fully saturated rings. The maximum atomic E-state index is 5.95. The lowest BCUT2D eigenvalue weighted by Gasteiger charge is -2.20. The summed E-state index contributed by atoms with van der Waals surface area (Å²) in [6.45, 7) is 8.83. The molecule has 3 rings (SSSR count). The molecule has 0 aliphatic heterocycles. The number of aromatic nitrogens is 2. The van der Waals surface area contributed by atoms with Gasteiger partial charge in [-0.15, -0.1) is 0 Å². The van der Waals surface area contributed by atoms with Gasteiger partial charge in [-0.25, -0.2) is 9.97 Å². The molecule has 3 aromatic rings. The highest BCUT2D eigenvalue weighted by Crippen LogP contribution is 2.27. The van der Waals surface area contributed by atoms with E-state index in [2.05, 4.69) is 49.0 Å². The van der Waals surface area contributed by atoms with Gasteiger partial charge in [-0.2, -0.15) is 0 Å². The molecule has 0 bridgehead atoms. The van der Waals surface area contributed by atoms with Gasteiger partial charge in [-0.05, 0) is 19.1 Å². The van der Waals surface area contributed by atoms with Crippen LogP contribution in [0.15, 0.2) is 40.8 Å². The van der Waals surface area contributed by atoms with Gasteiger partial charge < -0.3 is 14.5 Å². The van der Waals surface area contributed by atoms with Crippen LogP contribution >= 0.6 is 0 Å². The van der Waals surface area contributed by atoms with Crippen LogP contribution in [-0.2, 0) is 16.8 Å². The molecule has 5 heteroatoms. The normalized spacial score (nSPS) is 13.2. The number of ether oxygens (including phenoxy) is 1. The Balaban J connectivity index is 1.88. The second-order valence-corrected chi connectivity index (χ2v) is 7.30. The van der Waals surface area contributed by atoms with Crippen molar-refractivity contribution in [2.75, 3.05) is 12.4 Å². The predicted molar refractivity (Wildman–Crippen MR) is 99.7 cm³/mol. The third kappa shape index (κ3) is 3.99. The number of nitrogens with zero attached hydrogens (tertiary/aromatic N) is 2. The van der Waals surface area contributed by atoms with Crippen molar-refractivity contribution in [1.29, 1.82) is 0 Å². The molecule has 0 amide bonds. The summed E-state index contributed by atoms with van der Waals surface area (Å²) in [5.74, 6) is 2.45. The third-order valence-corrected chi connectivity index (χ3v) is 3.98. The van der Waals surface area contributed by atoms with Crippen LogP contribution in [0.5, 0.6) is 0 Å². The zero-order valence-corrected chi connectivity index (χ0v) is 15.5. The molecule has 0 saturated heterocycles. The molecule has 25 heavy (non-hydrogen) atoms. The first-order valence-corrected chi connectivity index (χ1v) is 8.49. The number of hydrogen-bond donors (Lipinski definition) is 1. The molecule has 1 N–H and O–H groups in total. The Labute approximate surface area is 148 Å². The monoisotopic (exact) mass is 339 g/mol. The molecule has 0 radical (unpaired) electrons. The minimum atomic E-state index is -0.136. The second kappa shape index (κ2) is 6.84. The lowest BCUT2D eigenvalue weighted by Crippen LogP contribution is -2.19. The molecule has 0 spiro atoms. The Morgan fingerprint density at radius 2 is 1.92 bits per heavy atom. The second-order valence-electron chi connectivity index (χ2n) is 7.30. The number of nitrogens with one attached hydrogen (secondary N) is 1. The van der Waals surface area contributed by atoms with Crippen LogP contribution in [0.3, 0.4) is 0 Å². The summed E-state index contributed by atoms with van der Waals surface area (Å²) < 4.78 is 11.2. The van der Waals surface area contributed by atoms with Crippen molar-refractivity contribution in [2.24, 2.45) is 0 Å². The number of fused-ring (bicyclic) bond motifs is 1. The van der Waals surface area contributed by atoms with Gasteiger partial charge in [-0.3, -0.25) is 0 Å². The summed E-state index contributed by atoms with van der Waals surface area (Å²) in [6, 6.07) is 12.0. The average Bonchev–Trinajstić information content (AvgIpc) is 2.98. The highest BCUT2D eigenvalue weighted by atomic mass is 16.5. The molecular weight excluding hydrogens is 314 g/mol. The van der Waals surface area contributed by atoms with Gasteiger partial charge in [0.15, 0.2) is 0 Å². The van der Waals surface area contributed by atoms with Crippen LogP contribution in [0.4, 0.5) is 5.82 Å². The number of furan rings is 1. The van der Waals surface area contributed by atoms with Crippen LogP contribution in [0, 0.1) is 0 Å². The van der Waals surface area contributed by atoms with E-state index in [1.165, 1.54) is 0 Å². The minimum Gasteiger partial charge on any atom is -0.459 e. The third-order valence-electron chi connectivity index (χ3n) is 3.98. The summed E-state index contributed by atoms with van der Waals surface area (Å²) in [4.78, 5) is 9.30. The molecule has 0 aliphatic rings. The van der Waals surface area contributed by atoms with Crippen molar-refractivity contribution < 1.29 is 9.15 Å². The molecule has 2 heterocycles. The van der Waals surface area contributed by atoms with Crippen LogP contribution < -0.4 is 5.32 Å². The van der Waals surface area contributed by atoms with Crippen molar-refractivity contribution in [3.05, 3.63) is 53.7 Å². The number of rotatable bonds is 5. The summed E-state index contributed by atoms with van der Waals surface area (Å²) in [7, 11) is 1.67. The van der Waals surface area contributed by atoms with Gasteiger partial charge in [0.2, 0.25) is 0 Å². The van der Waals surface area contributed by atoms with E-state index in [9.17, 15) is 0 Å². The molecule has 2 aromatic heterocycles. The molecule has 1 aromatic carbocycles. The molecule has 0 aliphatic carbocycles. The fourth-order valence-corrected chi connectivity index (χ4v) is 2.64. The number of para-hydroxylation sites is 1. The van der Waals surface area contributed by atoms with Crippen LogP contribution in [0.25, 0.3) is 11.0 Å². The quantitative estimate of drug-likeness (QED) is 0.721. The standard InChI is InChI=1S/C20H25N3O2/c1-13(17-10-14-8-6-7-9-16(14)25-17)21-18-11-15(12-24-5)22-19(23-18)20(2,3)4/h6-11,13H,12H2,1-5H3,(H,21,22,23)/t13-/m1/s1. The van der Waals surface area contributed by atoms with Gasteiger partial charge in [-0.1, -0.05) is 39.0 Å². The van der Waals surface area contributed by atoms with Gasteiger partial charge in [0.1, 0.15) is 23.0 Å². The van der Waals surface area contributed by atoms with Crippen LogP contribution in [0.1, 0.15) is 51.0 Å². The molecule has 132 valence electrons. The van der Waals surface area contributed by atoms with Crippen molar-refractivity contribution >= 4 is 16.8 Å². The first-order chi connectivity index (χ1) is 11.9. The number of methoxy groups -OCH3 is 1. The van der Waals surface area contributed by atoms with Crippen molar-refractivity contribution in [3.8, 4) is 0 Å². The first-order valence-electron chi connectivity index (χ1n) is 8.49. The highest BCUT2D eigenvalue weighted by Gasteiger charge is 2.20. The van der Waals surface area contributed by atoms with E-state index in [0.29, 0.717) is 6.61 Å². The fourth-order valence-electron chi connectivity index (χ4n) is 2.64. The van der Waals surface area contributed by atoms with Crippen LogP contribution in [-0.4, -0.2) is 17.1 Å². The number of hydrogen-bond acceptors (Lipinski definition) is 5. The van der Waals surface area contributed by atoms with E-state index < -0.39 is 0 Å². The SMILES string of the molecule is COCc1cc(N[C@H](C)c2cc3ccccc3o2)nc(C(C)(C)C)n1. The molecule has 5 nitrogen and oxygen atoms in total. The maximum absolute atomic E-state index is 5.95. The first kappa shape index (κ1) is 17.4. The average molecular weight is 339 g/mol. The summed E-state index contributed by atoms with van der Waals surface area (Å²) in [5.41, 5.74) is 1.62. The highest BCUT2D eigenvalue weighted by molar-refractivity contribution is 5.77. The lowest BCUT2D eigenvalue weighted by molar-refractivity contribution is 0.181. The smallest absolute Gasteiger partial charge is 0.136 e. The summed E-state index contributed by atoms with van der Waals surface area (Å²) >= 11 is 0. The Bertz CT molecular complexity index is 832. The van der Waals surface area contributed by atoms with Gasteiger partial charge in [0.05, 0.1) is 18.3 Å². The van der Waals surface area contributed by atoms with Crippen molar-refractivity contribution in [3.63, 3.8) is 0 Å². The zero-order chi connectivity index (χ0) is 18.0. The molecule has 1 atom stereocenters. The zero-order valence-electron chi connectivity index (χ0n) is 15.5. The largest absolute Gasteiger partial charge is 0.459 e. The maximum Gasteiger partial charge on any atom is 0.136 e. The van der Waals surface area contributed by atoms with Gasteiger partial charge in [0, 0.05) is 24.0 Å². The topological polar surface area (TPSA) is 60.2 Å². The lowest BCUT2D eigenvalue weighted by atomic mass is 9.95. The summed E-state index contributed by atoms with van der Waals surface area (Å²) in [6.07, 6.45) is 0. The Morgan fingerprint density at radius 1 is 1.16 bits per heavy atom. The van der Waals surface area contributed by atoms with E-state index in [1.54, 1.807) is 7.11 Å². The van der Waals surface area contributed by atoms with E-state index in [1.807, 2.05) is 30.3 Å². The van der Waals surface area contributed by atoms with Crippen molar-refractivity contribution in [2.45, 2.75) is 45.8 Å². The van der Waals surface area contributed by atoms with Gasteiger partial charge >= 0.3 is 0 Å². The van der Waals surface area contributed by atoms with Gasteiger partial charge in [0.25, 0.3) is 0 Å². The van der Waals surface area contributed by atoms with E-state index in [4.69, 9.17) is 9.15 Å². The summed E-state index contributed by atoms with van der Waals surface area (Å²) in [5, 5.41) is 4.53. The Morgan fingerprint density at radius 3 is 2.60 bits per heavy atom. The van der Waals surface area contributed by atoms with E-state index in [-0.39, 0.29) is 11.5 Å². The number of benzene rings is 1. The molecular formula is C20H25N3O2. The molecule has 0 unspecified atom stereocenters. The Hall–Kier alpha value is -2.40. The molecule has 0 saturated carbocycles. The fraction of sp³-hybridized carbons (Fsp3) is 0.400. The van der Waals surface area contributed by atoms with E-state index >= 15 is 0 Å². The Kier molecular flexibility index (Phi) is 4.77. The van der Waals surface area contributed by atoms with Crippen molar-refractivity contribution in [1.82, 2.24) is 9.97 Å². The number of anilines is 1. The minimum absolute atomic E-state index is 0.00878.